The van der Waals surface area contributed by atoms with Gasteiger partial charge in [-0.15, -0.1) is 0 Å². The second kappa shape index (κ2) is 10.2. The average Bonchev–Trinajstić information content (AvgIpc) is 2.79. The van der Waals surface area contributed by atoms with Gasteiger partial charge in [-0.3, -0.25) is 19.2 Å². The SMILES string of the molecule is CC(=O)Nc1cccc(C(=O)N[C@@H](Cc2ccc(C(=O)c3ccccc3)cc2)C(N)=O)c1. The Morgan fingerprint density at radius 2 is 1.44 bits per heavy atom. The first kappa shape index (κ1) is 22.4. The summed E-state index contributed by atoms with van der Waals surface area (Å²) < 4.78 is 0. The van der Waals surface area contributed by atoms with Crippen molar-refractivity contribution in [2.45, 2.75) is 19.4 Å². The standard InChI is InChI=1S/C25H23N3O4/c1-16(29)27-21-9-5-8-20(15-21)25(32)28-22(24(26)31)14-17-10-12-19(13-11-17)23(30)18-6-3-2-4-7-18/h2-13,15,22H,14H2,1H3,(H2,26,31)(H,27,29)(H,28,32)/t22-/m0/s1. The summed E-state index contributed by atoms with van der Waals surface area (Å²) in [6.45, 7) is 1.37. The Bertz CT molecular complexity index is 1140. The van der Waals surface area contributed by atoms with Crippen molar-refractivity contribution in [3.8, 4) is 0 Å². The maximum absolute atomic E-state index is 12.6. The van der Waals surface area contributed by atoms with Gasteiger partial charge in [-0.1, -0.05) is 60.7 Å². The number of carbonyl (C=O) groups excluding carboxylic acids is 4. The Morgan fingerprint density at radius 3 is 2.06 bits per heavy atom. The van der Waals surface area contributed by atoms with Gasteiger partial charge in [0, 0.05) is 35.7 Å². The van der Waals surface area contributed by atoms with E-state index >= 15 is 0 Å². The van der Waals surface area contributed by atoms with Gasteiger partial charge < -0.3 is 16.4 Å². The van der Waals surface area contributed by atoms with Crippen LogP contribution in [-0.4, -0.2) is 29.5 Å². The maximum atomic E-state index is 12.6. The first-order valence-electron chi connectivity index (χ1n) is 10.00. The van der Waals surface area contributed by atoms with Crippen LogP contribution in [0.1, 0.15) is 38.8 Å². The lowest BCUT2D eigenvalue weighted by atomic mass is 9.99. The highest BCUT2D eigenvalue weighted by Crippen LogP contribution is 2.14. The predicted octanol–water partition coefficient (Wildman–Crippen LogP) is 2.70. The number of rotatable bonds is 8. The lowest BCUT2D eigenvalue weighted by Gasteiger charge is -2.16. The van der Waals surface area contributed by atoms with Gasteiger partial charge in [-0.2, -0.15) is 0 Å². The minimum Gasteiger partial charge on any atom is -0.368 e. The van der Waals surface area contributed by atoms with E-state index < -0.39 is 17.9 Å². The predicted molar refractivity (Wildman–Crippen MR) is 121 cm³/mol. The Morgan fingerprint density at radius 1 is 0.812 bits per heavy atom. The molecule has 4 N–H and O–H groups in total. The highest BCUT2D eigenvalue weighted by Gasteiger charge is 2.20. The van der Waals surface area contributed by atoms with Crippen LogP contribution in [-0.2, 0) is 16.0 Å². The number of amides is 3. The molecule has 1 atom stereocenters. The molecule has 0 aliphatic rings. The monoisotopic (exact) mass is 429 g/mol. The topological polar surface area (TPSA) is 118 Å². The van der Waals surface area contributed by atoms with E-state index in [4.69, 9.17) is 5.73 Å². The number of nitrogens with one attached hydrogen (secondary N) is 2. The molecule has 7 nitrogen and oxygen atoms in total. The lowest BCUT2D eigenvalue weighted by molar-refractivity contribution is -0.119. The molecule has 0 unspecified atom stereocenters. The maximum Gasteiger partial charge on any atom is 0.252 e. The summed E-state index contributed by atoms with van der Waals surface area (Å²) in [6, 6.07) is 21.2. The largest absolute Gasteiger partial charge is 0.368 e. The minimum absolute atomic E-state index is 0.101. The van der Waals surface area contributed by atoms with Crippen molar-refractivity contribution in [2.24, 2.45) is 5.73 Å². The van der Waals surface area contributed by atoms with Crippen LogP contribution in [0.2, 0.25) is 0 Å². The third kappa shape index (κ3) is 5.89. The molecule has 0 heterocycles. The quantitative estimate of drug-likeness (QED) is 0.477. The van der Waals surface area contributed by atoms with E-state index in [1.54, 1.807) is 66.7 Å². The van der Waals surface area contributed by atoms with Crippen molar-refractivity contribution in [2.75, 3.05) is 5.32 Å². The first-order chi connectivity index (χ1) is 15.3. The molecule has 3 amide bonds. The van der Waals surface area contributed by atoms with Gasteiger partial charge in [0.15, 0.2) is 5.78 Å². The average molecular weight is 429 g/mol. The molecule has 0 aliphatic heterocycles. The van der Waals surface area contributed by atoms with Crippen LogP contribution in [0.15, 0.2) is 78.9 Å². The number of hydrogen-bond acceptors (Lipinski definition) is 4. The van der Waals surface area contributed by atoms with Gasteiger partial charge in [0.2, 0.25) is 11.8 Å². The fourth-order valence-corrected chi connectivity index (χ4v) is 3.19. The van der Waals surface area contributed by atoms with Crippen molar-refractivity contribution in [1.82, 2.24) is 5.32 Å². The Labute approximate surface area is 185 Å². The summed E-state index contributed by atoms with van der Waals surface area (Å²) in [6.07, 6.45) is 0.173. The number of ketones is 1. The summed E-state index contributed by atoms with van der Waals surface area (Å²) in [4.78, 5) is 48.3. The Balaban J connectivity index is 1.69. The Hall–Kier alpha value is -4.26. The van der Waals surface area contributed by atoms with Gasteiger partial charge >= 0.3 is 0 Å². The van der Waals surface area contributed by atoms with Crippen LogP contribution in [0.25, 0.3) is 0 Å². The van der Waals surface area contributed by atoms with Gasteiger partial charge in [0.1, 0.15) is 6.04 Å². The molecule has 0 saturated heterocycles. The number of primary amides is 1. The summed E-state index contributed by atoms with van der Waals surface area (Å²) in [7, 11) is 0. The second-order valence-electron chi connectivity index (χ2n) is 7.29. The molecule has 0 saturated carbocycles. The minimum atomic E-state index is -0.942. The van der Waals surface area contributed by atoms with Crippen LogP contribution in [0.5, 0.6) is 0 Å². The molecule has 162 valence electrons. The van der Waals surface area contributed by atoms with Gasteiger partial charge in [0.25, 0.3) is 5.91 Å². The molecule has 0 spiro atoms. The van der Waals surface area contributed by atoms with E-state index in [-0.39, 0.29) is 23.7 Å². The van der Waals surface area contributed by atoms with Crippen molar-refractivity contribution in [3.05, 3.63) is 101 Å². The zero-order valence-corrected chi connectivity index (χ0v) is 17.5. The van der Waals surface area contributed by atoms with Crippen molar-refractivity contribution >= 4 is 29.2 Å². The molecule has 3 rings (SSSR count). The van der Waals surface area contributed by atoms with Crippen molar-refractivity contribution < 1.29 is 19.2 Å². The summed E-state index contributed by atoms with van der Waals surface area (Å²) in [5.41, 5.74) is 8.10. The molecular weight excluding hydrogens is 406 g/mol. The highest BCUT2D eigenvalue weighted by molar-refractivity contribution is 6.09. The molecule has 7 heteroatoms. The Kier molecular flexibility index (Phi) is 7.13. The lowest BCUT2D eigenvalue weighted by Crippen LogP contribution is -2.45. The molecule has 0 radical (unpaired) electrons. The fourth-order valence-electron chi connectivity index (χ4n) is 3.19. The number of benzene rings is 3. The molecule has 32 heavy (non-hydrogen) atoms. The number of hydrogen-bond donors (Lipinski definition) is 3. The van der Waals surface area contributed by atoms with E-state index in [0.29, 0.717) is 16.8 Å². The first-order valence-corrected chi connectivity index (χ1v) is 10.00. The van der Waals surface area contributed by atoms with E-state index in [9.17, 15) is 19.2 Å². The van der Waals surface area contributed by atoms with E-state index in [1.165, 1.54) is 13.0 Å². The molecule has 3 aromatic carbocycles. The van der Waals surface area contributed by atoms with Gasteiger partial charge in [0.05, 0.1) is 0 Å². The third-order valence-corrected chi connectivity index (χ3v) is 4.79. The van der Waals surface area contributed by atoms with E-state index in [2.05, 4.69) is 10.6 Å². The second-order valence-corrected chi connectivity index (χ2v) is 7.29. The van der Waals surface area contributed by atoms with Crippen LogP contribution < -0.4 is 16.4 Å². The van der Waals surface area contributed by atoms with Gasteiger partial charge in [-0.25, -0.2) is 0 Å². The molecule has 0 aromatic heterocycles. The van der Waals surface area contributed by atoms with Crippen molar-refractivity contribution in [1.29, 1.82) is 0 Å². The molecule has 0 aliphatic carbocycles. The summed E-state index contributed by atoms with van der Waals surface area (Å²) in [5.74, 6) is -1.53. The normalized spacial score (nSPS) is 11.3. The van der Waals surface area contributed by atoms with Crippen LogP contribution in [0, 0.1) is 0 Å². The van der Waals surface area contributed by atoms with Gasteiger partial charge in [-0.05, 0) is 23.8 Å². The molecule has 3 aromatic rings. The van der Waals surface area contributed by atoms with Crippen LogP contribution >= 0.6 is 0 Å². The fraction of sp³-hybridized carbons (Fsp3) is 0.120. The zero-order chi connectivity index (χ0) is 23.1. The third-order valence-electron chi connectivity index (χ3n) is 4.79. The highest BCUT2D eigenvalue weighted by atomic mass is 16.2. The van der Waals surface area contributed by atoms with Crippen LogP contribution in [0.4, 0.5) is 5.69 Å². The number of nitrogens with two attached hydrogens (primary N) is 1. The zero-order valence-electron chi connectivity index (χ0n) is 17.5. The molecular formula is C25H23N3O4. The number of anilines is 1. The summed E-state index contributed by atoms with van der Waals surface area (Å²) in [5, 5.41) is 5.24. The van der Waals surface area contributed by atoms with Crippen molar-refractivity contribution in [3.63, 3.8) is 0 Å². The summed E-state index contributed by atoms with van der Waals surface area (Å²) >= 11 is 0. The van der Waals surface area contributed by atoms with E-state index in [0.717, 1.165) is 5.56 Å². The smallest absolute Gasteiger partial charge is 0.252 e. The van der Waals surface area contributed by atoms with E-state index in [1.807, 2.05) is 6.07 Å². The van der Waals surface area contributed by atoms with Crippen LogP contribution in [0.3, 0.4) is 0 Å². The number of carbonyl (C=O) groups is 4. The molecule has 0 bridgehead atoms. The molecule has 0 fully saturated rings.